The zero-order chi connectivity index (χ0) is 18.1. The maximum absolute atomic E-state index is 12.8. The van der Waals surface area contributed by atoms with Gasteiger partial charge >= 0.3 is 5.69 Å². The molecule has 2 unspecified atom stereocenters. The fourth-order valence-electron chi connectivity index (χ4n) is 3.61. The van der Waals surface area contributed by atoms with E-state index < -0.39 is 11.9 Å². The van der Waals surface area contributed by atoms with Gasteiger partial charge in [-0.1, -0.05) is 25.5 Å². The maximum atomic E-state index is 12.8. The second-order valence-electron chi connectivity index (χ2n) is 6.42. The Morgan fingerprint density at radius 1 is 1.32 bits per heavy atom. The molecule has 2 atom stereocenters. The number of carbonyl (C=O) groups is 3. The van der Waals surface area contributed by atoms with Crippen molar-refractivity contribution in [2.75, 3.05) is 0 Å². The molecule has 0 bridgehead atoms. The molecule has 2 amide bonds. The number of aldehydes is 1. The number of fused-ring (bicyclic) bond motifs is 1. The van der Waals surface area contributed by atoms with Crippen LogP contribution in [-0.2, 0) is 21.4 Å². The van der Waals surface area contributed by atoms with Crippen LogP contribution in [0.4, 0.5) is 0 Å². The predicted molar refractivity (Wildman–Crippen MR) is 92.3 cm³/mol. The van der Waals surface area contributed by atoms with Gasteiger partial charge in [0.2, 0.25) is 11.8 Å². The van der Waals surface area contributed by atoms with E-state index in [1.165, 1.54) is 9.13 Å². The third-order valence-corrected chi connectivity index (χ3v) is 4.82. The number of rotatable bonds is 5. The summed E-state index contributed by atoms with van der Waals surface area (Å²) in [5.74, 6) is -1.08. The van der Waals surface area contributed by atoms with Gasteiger partial charge in [-0.15, -0.1) is 0 Å². The van der Waals surface area contributed by atoms with Crippen LogP contribution in [0.2, 0.25) is 0 Å². The number of aryl methyl sites for hydroxylation is 1. The van der Waals surface area contributed by atoms with Crippen LogP contribution in [0.1, 0.15) is 50.1 Å². The SMILES string of the molecule is CCCC(C=O)c1cccc2c1n(C)c(=O)n2C1CCC(=O)NC1=O. The lowest BCUT2D eigenvalue weighted by Crippen LogP contribution is -2.44. The number of carbonyl (C=O) groups excluding carboxylic acids is 3. The van der Waals surface area contributed by atoms with Crippen molar-refractivity contribution in [2.45, 2.75) is 44.6 Å². The molecule has 2 aromatic rings. The van der Waals surface area contributed by atoms with Gasteiger partial charge in [-0.3, -0.25) is 24.0 Å². The van der Waals surface area contributed by atoms with Crippen LogP contribution in [0.5, 0.6) is 0 Å². The van der Waals surface area contributed by atoms with E-state index in [0.717, 1.165) is 18.3 Å². The van der Waals surface area contributed by atoms with Crippen LogP contribution in [0, 0.1) is 0 Å². The van der Waals surface area contributed by atoms with Crippen LogP contribution in [0.3, 0.4) is 0 Å². The first-order valence-corrected chi connectivity index (χ1v) is 8.48. The first-order valence-electron chi connectivity index (χ1n) is 8.48. The first kappa shape index (κ1) is 17.1. The summed E-state index contributed by atoms with van der Waals surface area (Å²) in [4.78, 5) is 48.0. The fourth-order valence-corrected chi connectivity index (χ4v) is 3.61. The van der Waals surface area contributed by atoms with Gasteiger partial charge in [-0.05, 0) is 24.5 Å². The molecule has 3 rings (SSSR count). The highest BCUT2D eigenvalue weighted by atomic mass is 16.2. The maximum Gasteiger partial charge on any atom is 0.329 e. The van der Waals surface area contributed by atoms with Crippen LogP contribution >= 0.6 is 0 Å². The lowest BCUT2D eigenvalue weighted by Gasteiger charge is -2.22. The predicted octanol–water partition coefficient (Wildman–Crippen LogP) is 1.40. The summed E-state index contributed by atoms with van der Waals surface area (Å²) < 4.78 is 2.93. The Labute approximate surface area is 144 Å². The van der Waals surface area contributed by atoms with Crippen molar-refractivity contribution >= 4 is 29.1 Å². The standard InChI is InChI=1S/C18H21N3O4/c1-3-5-11(10-22)12-6-4-7-13-16(12)20(2)18(25)21(13)14-8-9-15(23)19-17(14)24/h4,6-7,10-11,14H,3,5,8-9H2,1-2H3,(H,19,23,24). The minimum atomic E-state index is -0.718. The molecule has 7 nitrogen and oxygen atoms in total. The van der Waals surface area contributed by atoms with Gasteiger partial charge in [-0.25, -0.2) is 4.79 Å². The van der Waals surface area contributed by atoms with Crippen LogP contribution < -0.4 is 11.0 Å². The molecule has 25 heavy (non-hydrogen) atoms. The fraction of sp³-hybridized carbons (Fsp3) is 0.444. The Bertz CT molecular complexity index is 909. The molecule has 7 heteroatoms. The Morgan fingerprint density at radius 2 is 2.08 bits per heavy atom. The van der Waals surface area contributed by atoms with Gasteiger partial charge in [0.15, 0.2) is 0 Å². The number of piperidine rings is 1. The number of para-hydroxylation sites is 1. The second kappa shape index (κ2) is 6.66. The summed E-state index contributed by atoms with van der Waals surface area (Å²) in [5, 5.41) is 2.29. The molecule has 1 N–H and O–H groups in total. The summed E-state index contributed by atoms with van der Waals surface area (Å²) in [5.41, 5.74) is 1.75. The van der Waals surface area contributed by atoms with Gasteiger partial charge in [0.25, 0.3) is 0 Å². The monoisotopic (exact) mass is 343 g/mol. The molecule has 2 heterocycles. The van der Waals surface area contributed by atoms with Crippen molar-refractivity contribution in [3.63, 3.8) is 0 Å². The summed E-state index contributed by atoms with van der Waals surface area (Å²) in [6.45, 7) is 2.00. The lowest BCUT2D eigenvalue weighted by atomic mass is 9.94. The Kier molecular flexibility index (Phi) is 4.57. The highest BCUT2D eigenvalue weighted by molar-refractivity contribution is 6.00. The minimum Gasteiger partial charge on any atom is -0.303 e. The van der Waals surface area contributed by atoms with Crippen molar-refractivity contribution in [2.24, 2.45) is 7.05 Å². The van der Waals surface area contributed by atoms with E-state index in [9.17, 15) is 19.2 Å². The van der Waals surface area contributed by atoms with Crippen molar-refractivity contribution in [3.8, 4) is 0 Å². The molecular formula is C18H21N3O4. The Hall–Kier alpha value is -2.70. The molecular weight excluding hydrogens is 322 g/mol. The molecule has 1 aromatic carbocycles. The number of imidazole rings is 1. The van der Waals surface area contributed by atoms with Crippen molar-refractivity contribution in [3.05, 3.63) is 34.2 Å². The highest BCUT2D eigenvalue weighted by Gasteiger charge is 2.32. The summed E-state index contributed by atoms with van der Waals surface area (Å²) in [7, 11) is 1.64. The van der Waals surface area contributed by atoms with Crippen LogP contribution in [0.15, 0.2) is 23.0 Å². The third kappa shape index (κ3) is 2.79. The molecule has 1 saturated heterocycles. The van der Waals surface area contributed by atoms with Crippen molar-refractivity contribution < 1.29 is 14.4 Å². The largest absolute Gasteiger partial charge is 0.329 e. The zero-order valence-corrected chi connectivity index (χ0v) is 14.3. The zero-order valence-electron chi connectivity index (χ0n) is 14.3. The lowest BCUT2D eigenvalue weighted by molar-refractivity contribution is -0.135. The number of amides is 2. The number of benzene rings is 1. The van der Waals surface area contributed by atoms with Gasteiger partial charge in [-0.2, -0.15) is 0 Å². The van der Waals surface area contributed by atoms with E-state index in [2.05, 4.69) is 5.32 Å². The average Bonchev–Trinajstić information content (AvgIpc) is 2.85. The van der Waals surface area contributed by atoms with E-state index in [-0.39, 0.29) is 23.9 Å². The molecule has 1 aromatic heterocycles. The molecule has 1 fully saturated rings. The van der Waals surface area contributed by atoms with Gasteiger partial charge < -0.3 is 4.79 Å². The number of hydrogen-bond donors (Lipinski definition) is 1. The normalized spacial score (nSPS) is 19.0. The molecule has 1 aliphatic heterocycles. The quantitative estimate of drug-likeness (QED) is 0.656. The number of nitrogens with one attached hydrogen (secondary N) is 1. The second-order valence-corrected chi connectivity index (χ2v) is 6.42. The first-order chi connectivity index (χ1) is 12.0. The number of nitrogens with zero attached hydrogens (tertiary/aromatic N) is 2. The molecule has 1 aliphatic rings. The average molecular weight is 343 g/mol. The van der Waals surface area contributed by atoms with Gasteiger partial charge in [0.1, 0.15) is 12.3 Å². The van der Waals surface area contributed by atoms with E-state index in [1.54, 1.807) is 19.2 Å². The third-order valence-electron chi connectivity index (χ3n) is 4.82. The molecule has 0 spiro atoms. The van der Waals surface area contributed by atoms with Gasteiger partial charge in [0.05, 0.1) is 11.0 Å². The summed E-state index contributed by atoms with van der Waals surface area (Å²) in [6, 6.07) is 4.71. The van der Waals surface area contributed by atoms with Gasteiger partial charge in [0, 0.05) is 19.4 Å². The van der Waals surface area contributed by atoms with E-state index >= 15 is 0 Å². The highest BCUT2D eigenvalue weighted by Crippen LogP contribution is 2.29. The number of imide groups is 1. The molecule has 0 aliphatic carbocycles. The Balaban J connectivity index is 2.21. The van der Waals surface area contributed by atoms with Crippen LogP contribution in [0.25, 0.3) is 11.0 Å². The number of hydrogen-bond acceptors (Lipinski definition) is 4. The summed E-state index contributed by atoms with van der Waals surface area (Å²) in [6.07, 6.45) is 2.94. The Morgan fingerprint density at radius 3 is 2.72 bits per heavy atom. The number of aromatic nitrogens is 2. The molecule has 0 saturated carbocycles. The van der Waals surface area contributed by atoms with E-state index in [0.29, 0.717) is 23.9 Å². The van der Waals surface area contributed by atoms with Crippen LogP contribution in [-0.4, -0.2) is 27.2 Å². The topological polar surface area (TPSA) is 90.2 Å². The smallest absolute Gasteiger partial charge is 0.303 e. The molecule has 0 radical (unpaired) electrons. The van der Waals surface area contributed by atoms with E-state index in [4.69, 9.17) is 0 Å². The minimum absolute atomic E-state index is 0.200. The van der Waals surface area contributed by atoms with Crippen molar-refractivity contribution in [1.29, 1.82) is 0 Å². The van der Waals surface area contributed by atoms with E-state index in [1.807, 2.05) is 13.0 Å². The summed E-state index contributed by atoms with van der Waals surface area (Å²) >= 11 is 0. The van der Waals surface area contributed by atoms with Crippen molar-refractivity contribution in [1.82, 2.24) is 14.5 Å². The molecule has 132 valence electrons.